The van der Waals surface area contributed by atoms with Gasteiger partial charge >= 0.3 is 5.97 Å². The zero-order chi connectivity index (χ0) is 23.4. The van der Waals surface area contributed by atoms with Crippen molar-refractivity contribution >= 4 is 52.2 Å². The molecule has 4 rings (SSSR count). The second-order valence-corrected chi connectivity index (χ2v) is 8.62. The third-order valence-corrected chi connectivity index (χ3v) is 6.15. The van der Waals surface area contributed by atoms with Gasteiger partial charge in [0.05, 0.1) is 16.2 Å². The fourth-order valence-corrected chi connectivity index (χ4v) is 4.19. The number of amidine groups is 1. The third kappa shape index (κ3) is 5.45. The normalized spacial score (nSPS) is 15.9. The number of benzene rings is 3. The van der Waals surface area contributed by atoms with Gasteiger partial charge in [0, 0.05) is 17.6 Å². The number of rotatable bonds is 6. The SMILES string of the molecule is CN1C(=O)C(=Cc2ccccc2OCc2ccc(Cl)cc2)SC1=Nc1cccc(C(=O)O)c1. The van der Waals surface area contributed by atoms with Crippen LogP contribution in [0.3, 0.4) is 0 Å². The molecule has 1 saturated heterocycles. The van der Waals surface area contributed by atoms with E-state index < -0.39 is 5.97 Å². The number of carbonyl (C=O) groups excluding carboxylic acids is 1. The molecule has 0 radical (unpaired) electrons. The summed E-state index contributed by atoms with van der Waals surface area (Å²) >= 11 is 7.16. The summed E-state index contributed by atoms with van der Waals surface area (Å²) < 4.78 is 5.99. The molecule has 1 N–H and O–H groups in total. The Morgan fingerprint density at radius 3 is 2.64 bits per heavy atom. The number of hydrogen-bond acceptors (Lipinski definition) is 5. The van der Waals surface area contributed by atoms with Crippen LogP contribution in [0, 0.1) is 0 Å². The average Bonchev–Trinajstić information content (AvgIpc) is 3.07. The molecule has 0 bridgehead atoms. The van der Waals surface area contributed by atoms with E-state index in [9.17, 15) is 14.7 Å². The lowest BCUT2D eigenvalue weighted by Gasteiger charge is -2.10. The maximum absolute atomic E-state index is 12.8. The summed E-state index contributed by atoms with van der Waals surface area (Å²) in [5.74, 6) is -0.576. The van der Waals surface area contributed by atoms with Gasteiger partial charge < -0.3 is 9.84 Å². The number of carboxylic acid groups (broad SMARTS) is 1. The van der Waals surface area contributed by atoms with E-state index in [-0.39, 0.29) is 11.5 Å². The van der Waals surface area contributed by atoms with E-state index in [0.717, 1.165) is 11.1 Å². The van der Waals surface area contributed by atoms with Gasteiger partial charge in [-0.3, -0.25) is 9.69 Å². The highest BCUT2D eigenvalue weighted by atomic mass is 35.5. The molecule has 0 aromatic heterocycles. The molecule has 3 aromatic rings. The number of nitrogens with zero attached hydrogens (tertiary/aromatic N) is 2. The van der Waals surface area contributed by atoms with Crippen LogP contribution in [0.4, 0.5) is 5.69 Å². The lowest BCUT2D eigenvalue weighted by molar-refractivity contribution is -0.121. The number of likely N-dealkylation sites (N-methyl/N-ethyl adjacent to an activating group) is 1. The Hall–Kier alpha value is -3.55. The number of amides is 1. The predicted molar refractivity (Wildman–Crippen MR) is 131 cm³/mol. The summed E-state index contributed by atoms with van der Waals surface area (Å²) in [6, 6.07) is 21.2. The summed E-state index contributed by atoms with van der Waals surface area (Å²) in [5.41, 5.74) is 2.34. The summed E-state index contributed by atoms with van der Waals surface area (Å²) in [6.07, 6.45) is 1.77. The van der Waals surface area contributed by atoms with Crippen LogP contribution in [0.5, 0.6) is 5.75 Å². The molecule has 166 valence electrons. The van der Waals surface area contributed by atoms with Crippen molar-refractivity contribution in [2.45, 2.75) is 6.61 Å². The van der Waals surface area contributed by atoms with Crippen molar-refractivity contribution in [1.29, 1.82) is 0 Å². The highest BCUT2D eigenvalue weighted by molar-refractivity contribution is 8.18. The van der Waals surface area contributed by atoms with Crippen molar-refractivity contribution in [2.24, 2.45) is 4.99 Å². The van der Waals surface area contributed by atoms with Gasteiger partial charge in [-0.25, -0.2) is 9.79 Å². The van der Waals surface area contributed by atoms with Gasteiger partial charge in [0.1, 0.15) is 12.4 Å². The Bertz CT molecular complexity index is 1270. The zero-order valence-electron chi connectivity index (χ0n) is 17.6. The van der Waals surface area contributed by atoms with Crippen LogP contribution >= 0.6 is 23.4 Å². The Labute approximate surface area is 200 Å². The van der Waals surface area contributed by atoms with Gasteiger partial charge in [0.15, 0.2) is 5.17 Å². The first kappa shape index (κ1) is 22.6. The van der Waals surface area contributed by atoms with Gasteiger partial charge in [0.2, 0.25) is 0 Å². The van der Waals surface area contributed by atoms with E-state index >= 15 is 0 Å². The van der Waals surface area contributed by atoms with E-state index in [4.69, 9.17) is 16.3 Å². The second kappa shape index (κ2) is 9.94. The first-order valence-corrected chi connectivity index (χ1v) is 11.2. The Kier molecular flexibility index (Phi) is 6.82. The van der Waals surface area contributed by atoms with E-state index in [1.165, 1.54) is 28.8 Å². The molecule has 6 nitrogen and oxygen atoms in total. The number of ether oxygens (including phenoxy) is 1. The van der Waals surface area contributed by atoms with Gasteiger partial charge in [-0.15, -0.1) is 0 Å². The molecule has 0 saturated carbocycles. The number of carboxylic acids is 1. The number of thioether (sulfide) groups is 1. The lowest BCUT2D eigenvalue weighted by atomic mass is 10.1. The highest BCUT2D eigenvalue weighted by Gasteiger charge is 2.30. The monoisotopic (exact) mass is 478 g/mol. The fraction of sp³-hybridized carbons (Fsp3) is 0.0800. The van der Waals surface area contributed by atoms with Crippen molar-refractivity contribution in [3.8, 4) is 5.75 Å². The van der Waals surface area contributed by atoms with Gasteiger partial charge in [0.25, 0.3) is 5.91 Å². The molecule has 0 unspecified atom stereocenters. The van der Waals surface area contributed by atoms with Crippen molar-refractivity contribution < 1.29 is 19.4 Å². The molecule has 1 aliphatic heterocycles. The number of aromatic carboxylic acids is 1. The summed E-state index contributed by atoms with van der Waals surface area (Å²) in [5, 5.41) is 10.3. The minimum atomic E-state index is -1.03. The van der Waals surface area contributed by atoms with Gasteiger partial charge in [-0.1, -0.05) is 48.0 Å². The quantitative estimate of drug-likeness (QED) is 0.449. The molecule has 3 aromatic carbocycles. The molecular formula is C25H19ClN2O4S. The average molecular weight is 479 g/mol. The molecule has 0 atom stereocenters. The zero-order valence-corrected chi connectivity index (χ0v) is 19.1. The summed E-state index contributed by atoms with van der Waals surface area (Å²) in [7, 11) is 1.64. The standard InChI is InChI=1S/C25H19ClN2O4S/c1-28-23(29)22(33-25(28)27-20-7-4-6-18(13-20)24(30)31)14-17-5-2-3-8-21(17)32-15-16-9-11-19(26)12-10-16/h2-14H,15H2,1H3,(H,30,31). The van der Waals surface area contributed by atoms with E-state index in [1.54, 1.807) is 25.3 Å². The van der Waals surface area contributed by atoms with Crippen LogP contribution in [-0.2, 0) is 11.4 Å². The van der Waals surface area contributed by atoms with Crippen LogP contribution in [-0.4, -0.2) is 34.1 Å². The van der Waals surface area contributed by atoms with Crippen molar-refractivity contribution in [1.82, 2.24) is 4.90 Å². The molecule has 1 heterocycles. The van der Waals surface area contributed by atoms with E-state index in [0.29, 0.717) is 33.1 Å². The molecule has 33 heavy (non-hydrogen) atoms. The van der Waals surface area contributed by atoms with E-state index in [1.807, 2.05) is 48.5 Å². The van der Waals surface area contributed by atoms with Crippen molar-refractivity contribution in [3.05, 3.63) is 99.4 Å². The molecule has 1 amide bonds. The van der Waals surface area contributed by atoms with Gasteiger partial charge in [-0.2, -0.15) is 0 Å². The predicted octanol–water partition coefficient (Wildman–Crippen LogP) is 5.85. The smallest absolute Gasteiger partial charge is 0.335 e. The first-order chi connectivity index (χ1) is 15.9. The van der Waals surface area contributed by atoms with E-state index in [2.05, 4.69) is 4.99 Å². The molecule has 8 heteroatoms. The summed E-state index contributed by atoms with van der Waals surface area (Å²) in [6.45, 7) is 0.366. The maximum Gasteiger partial charge on any atom is 0.335 e. The lowest BCUT2D eigenvalue weighted by Crippen LogP contribution is -2.23. The maximum atomic E-state index is 12.8. The minimum Gasteiger partial charge on any atom is -0.488 e. The van der Waals surface area contributed by atoms with Crippen LogP contribution in [0.25, 0.3) is 6.08 Å². The summed E-state index contributed by atoms with van der Waals surface area (Å²) in [4.78, 5) is 30.4. The number of para-hydroxylation sites is 1. The Morgan fingerprint density at radius 2 is 1.88 bits per heavy atom. The molecule has 0 spiro atoms. The fourth-order valence-electron chi connectivity index (χ4n) is 3.08. The Balaban J connectivity index is 1.56. The first-order valence-electron chi connectivity index (χ1n) is 9.96. The van der Waals surface area contributed by atoms with Gasteiger partial charge in [-0.05, 0) is 59.8 Å². The van der Waals surface area contributed by atoms with Crippen LogP contribution < -0.4 is 4.74 Å². The molecule has 0 aliphatic carbocycles. The highest BCUT2D eigenvalue weighted by Crippen LogP contribution is 2.35. The van der Waals surface area contributed by atoms with Crippen LogP contribution in [0.1, 0.15) is 21.5 Å². The second-order valence-electron chi connectivity index (χ2n) is 7.18. The number of carbonyl (C=O) groups is 2. The topological polar surface area (TPSA) is 79.2 Å². The Morgan fingerprint density at radius 1 is 1.12 bits per heavy atom. The number of aliphatic imine (C=N–C) groups is 1. The minimum absolute atomic E-state index is 0.136. The van der Waals surface area contributed by atoms with Crippen molar-refractivity contribution in [2.75, 3.05) is 7.05 Å². The van der Waals surface area contributed by atoms with Crippen molar-refractivity contribution in [3.63, 3.8) is 0 Å². The molecule has 1 aliphatic rings. The van der Waals surface area contributed by atoms with Crippen LogP contribution in [0.2, 0.25) is 5.02 Å². The third-order valence-electron chi connectivity index (χ3n) is 4.83. The van der Waals surface area contributed by atoms with Crippen LogP contribution in [0.15, 0.2) is 82.7 Å². The molecule has 1 fully saturated rings. The number of halogens is 1. The largest absolute Gasteiger partial charge is 0.488 e. The molecular weight excluding hydrogens is 460 g/mol. The number of hydrogen-bond donors (Lipinski definition) is 1.